The van der Waals surface area contributed by atoms with Crippen molar-refractivity contribution in [2.45, 2.75) is 18.4 Å². The van der Waals surface area contributed by atoms with Crippen molar-refractivity contribution in [2.75, 3.05) is 30.9 Å². The first kappa shape index (κ1) is 27.0. The summed E-state index contributed by atoms with van der Waals surface area (Å²) in [4.78, 5) is 17.4. The van der Waals surface area contributed by atoms with Crippen molar-refractivity contribution in [3.63, 3.8) is 0 Å². The lowest BCUT2D eigenvalue weighted by Crippen LogP contribution is -2.48. The molecule has 0 spiro atoms. The number of carbonyl (C=O) groups excluding carboxylic acids is 1. The largest absolute Gasteiger partial charge is 0.336 e. The van der Waals surface area contributed by atoms with Crippen LogP contribution in [0.1, 0.15) is 21.6 Å². The second-order valence-electron chi connectivity index (χ2n) is 9.26. The number of carbonyl (C=O) groups is 1. The Kier molecular flexibility index (Phi) is 7.78. The zero-order valence-electron chi connectivity index (χ0n) is 21.1. The van der Waals surface area contributed by atoms with Crippen LogP contribution in [-0.2, 0) is 16.6 Å². The number of amides is 1. The van der Waals surface area contributed by atoms with Crippen molar-refractivity contribution in [1.29, 1.82) is 0 Å². The summed E-state index contributed by atoms with van der Waals surface area (Å²) in [6.45, 7) is 4.50. The molecule has 0 unspecified atom stereocenters. The van der Waals surface area contributed by atoms with Crippen molar-refractivity contribution in [3.8, 4) is 5.69 Å². The molecule has 1 aliphatic rings. The lowest BCUT2D eigenvalue weighted by molar-refractivity contribution is 0.0628. The van der Waals surface area contributed by atoms with Crippen LogP contribution in [0.15, 0.2) is 82.3 Å². The number of hydrogen-bond donors (Lipinski definition) is 1. The molecule has 12 heteroatoms. The minimum atomic E-state index is -3.85. The van der Waals surface area contributed by atoms with E-state index in [-0.39, 0.29) is 16.5 Å². The Morgan fingerprint density at radius 2 is 1.72 bits per heavy atom. The molecule has 3 aromatic carbocycles. The third-order valence-electron chi connectivity index (χ3n) is 6.49. The minimum absolute atomic E-state index is 0.128. The fourth-order valence-corrected chi connectivity index (χ4v) is 5.98. The summed E-state index contributed by atoms with van der Waals surface area (Å²) in [5.74, 6) is -0.651. The van der Waals surface area contributed by atoms with Crippen LogP contribution in [0.3, 0.4) is 0 Å². The molecule has 1 N–H and O–H groups in total. The Labute approximate surface area is 234 Å². The Hall–Kier alpha value is -3.61. The van der Waals surface area contributed by atoms with Crippen LogP contribution in [0.4, 0.5) is 10.1 Å². The molecule has 0 bridgehead atoms. The quantitative estimate of drug-likeness (QED) is 0.335. The van der Waals surface area contributed by atoms with Crippen LogP contribution in [-0.4, -0.2) is 65.3 Å². The van der Waals surface area contributed by atoms with Crippen molar-refractivity contribution < 1.29 is 17.6 Å². The second-order valence-corrected chi connectivity index (χ2v) is 11.8. The summed E-state index contributed by atoms with van der Waals surface area (Å²) in [7, 11) is -3.85. The molecule has 0 aliphatic carbocycles. The predicted octanol–water partition coefficient (Wildman–Crippen LogP) is 4.24. The van der Waals surface area contributed by atoms with Gasteiger partial charge in [-0.3, -0.25) is 14.4 Å². The Morgan fingerprint density at radius 1 is 1.00 bits per heavy atom. The normalized spacial score (nSPS) is 14.4. The van der Waals surface area contributed by atoms with E-state index in [0.717, 1.165) is 5.56 Å². The molecule has 5 rings (SSSR count). The van der Waals surface area contributed by atoms with Gasteiger partial charge >= 0.3 is 0 Å². The fourth-order valence-electron chi connectivity index (χ4n) is 4.38. The summed E-state index contributed by atoms with van der Waals surface area (Å²) in [5, 5.41) is 8.25. The second kappa shape index (κ2) is 11.2. The van der Waals surface area contributed by atoms with E-state index >= 15 is 0 Å². The van der Waals surface area contributed by atoms with Crippen LogP contribution in [0, 0.1) is 12.7 Å². The van der Waals surface area contributed by atoms with Gasteiger partial charge in [0.15, 0.2) is 0 Å². The van der Waals surface area contributed by atoms with E-state index in [2.05, 4.69) is 35.9 Å². The number of rotatable bonds is 7. The van der Waals surface area contributed by atoms with Crippen molar-refractivity contribution in [1.82, 2.24) is 24.8 Å². The van der Waals surface area contributed by atoms with Gasteiger partial charge in [0.05, 0.1) is 28.0 Å². The van der Waals surface area contributed by atoms with Gasteiger partial charge in [-0.15, -0.1) is 5.10 Å². The Morgan fingerprint density at radius 3 is 2.44 bits per heavy atom. The van der Waals surface area contributed by atoms with Gasteiger partial charge in [0.2, 0.25) is 0 Å². The van der Waals surface area contributed by atoms with Gasteiger partial charge in [-0.25, -0.2) is 17.5 Å². The van der Waals surface area contributed by atoms with Crippen LogP contribution in [0.2, 0.25) is 0 Å². The van der Waals surface area contributed by atoms with E-state index in [9.17, 15) is 17.6 Å². The number of para-hydroxylation sites is 2. The van der Waals surface area contributed by atoms with E-state index in [4.69, 9.17) is 0 Å². The van der Waals surface area contributed by atoms with Gasteiger partial charge in [0.25, 0.3) is 15.9 Å². The molecule has 4 aromatic rings. The van der Waals surface area contributed by atoms with E-state index in [1.165, 1.54) is 22.9 Å². The van der Waals surface area contributed by atoms with Crippen LogP contribution in [0.5, 0.6) is 0 Å². The maximum absolute atomic E-state index is 14.3. The minimum Gasteiger partial charge on any atom is -0.336 e. The lowest BCUT2D eigenvalue weighted by atomic mass is 10.1. The van der Waals surface area contributed by atoms with E-state index in [1.807, 2.05) is 6.92 Å². The number of aryl methyl sites for hydroxylation is 1. The van der Waals surface area contributed by atoms with Gasteiger partial charge in [-0.1, -0.05) is 41.1 Å². The molecule has 2 heterocycles. The predicted molar refractivity (Wildman–Crippen MR) is 149 cm³/mol. The van der Waals surface area contributed by atoms with E-state index < -0.39 is 15.8 Å². The van der Waals surface area contributed by atoms with Gasteiger partial charge < -0.3 is 4.90 Å². The van der Waals surface area contributed by atoms with Gasteiger partial charge in [-0.05, 0) is 59.3 Å². The molecule has 1 fully saturated rings. The third kappa shape index (κ3) is 6.02. The SMILES string of the molecule is Cc1ccc(S(=O)(=O)Nc2ccccc2C(=O)N2CCN(Cc3cn(-c4c(F)cccc4Br)nn3)CC2)cc1. The summed E-state index contributed by atoms with van der Waals surface area (Å²) in [6.07, 6.45) is 1.69. The molecule has 1 amide bonds. The summed E-state index contributed by atoms with van der Waals surface area (Å²) in [6, 6.07) is 17.9. The van der Waals surface area contributed by atoms with Gasteiger partial charge in [-0.2, -0.15) is 0 Å². The van der Waals surface area contributed by atoms with E-state index in [1.54, 1.807) is 59.6 Å². The first-order valence-corrected chi connectivity index (χ1v) is 14.5. The number of halogens is 2. The van der Waals surface area contributed by atoms with Crippen LogP contribution >= 0.6 is 15.9 Å². The number of aromatic nitrogens is 3. The molecule has 202 valence electrons. The summed E-state index contributed by atoms with van der Waals surface area (Å²) in [5.41, 5.74) is 2.46. The zero-order chi connectivity index (χ0) is 27.6. The highest BCUT2D eigenvalue weighted by atomic mass is 79.9. The highest BCUT2D eigenvalue weighted by Crippen LogP contribution is 2.24. The molecule has 0 saturated carbocycles. The smallest absolute Gasteiger partial charge is 0.261 e. The molecule has 39 heavy (non-hydrogen) atoms. The number of nitrogens with one attached hydrogen (secondary N) is 1. The number of sulfonamides is 1. The third-order valence-corrected chi connectivity index (χ3v) is 8.51. The highest BCUT2D eigenvalue weighted by Gasteiger charge is 2.26. The van der Waals surface area contributed by atoms with Crippen LogP contribution < -0.4 is 4.72 Å². The topological polar surface area (TPSA) is 100 Å². The highest BCUT2D eigenvalue weighted by molar-refractivity contribution is 9.10. The number of nitrogens with zero attached hydrogens (tertiary/aromatic N) is 5. The van der Waals surface area contributed by atoms with E-state index in [0.29, 0.717) is 54.1 Å². The number of hydrogen-bond acceptors (Lipinski definition) is 6. The average molecular weight is 614 g/mol. The number of piperazine rings is 1. The molecule has 9 nitrogen and oxygen atoms in total. The molecule has 0 atom stereocenters. The molecule has 1 aromatic heterocycles. The molecular formula is C27H26BrFN6O3S. The maximum Gasteiger partial charge on any atom is 0.261 e. The first-order chi connectivity index (χ1) is 18.7. The summed E-state index contributed by atoms with van der Waals surface area (Å²) >= 11 is 3.35. The number of benzene rings is 3. The average Bonchev–Trinajstić information content (AvgIpc) is 3.37. The van der Waals surface area contributed by atoms with Crippen molar-refractivity contribution in [3.05, 3.63) is 100 Å². The first-order valence-electron chi connectivity index (χ1n) is 12.3. The lowest BCUT2D eigenvalue weighted by Gasteiger charge is -2.34. The molecule has 0 radical (unpaired) electrons. The van der Waals surface area contributed by atoms with Gasteiger partial charge in [0.1, 0.15) is 11.5 Å². The monoisotopic (exact) mass is 612 g/mol. The fraction of sp³-hybridized carbons (Fsp3) is 0.222. The molecule has 1 saturated heterocycles. The van der Waals surface area contributed by atoms with Crippen molar-refractivity contribution >= 4 is 37.5 Å². The standard InChI is InChI=1S/C27H26BrFN6O3S/c1-19-9-11-21(12-10-19)39(37,38)31-25-8-3-2-5-22(25)27(36)34-15-13-33(14-16-34)17-20-18-35(32-30-20)26-23(28)6-4-7-24(26)29/h2-12,18,31H,13-17H2,1H3. The summed E-state index contributed by atoms with van der Waals surface area (Å²) < 4.78 is 44.7. The zero-order valence-corrected chi connectivity index (χ0v) is 23.5. The molecular weight excluding hydrogens is 587 g/mol. The number of anilines is 1. The Balaban J connectivity index is 1.23. The maximum atomic E-state index is 14.3. The Bertz CT molecular complexity index is 1580. The molecule has 1 aliphatic heterocycles. The van der Waals surface area contributed by atoms with Gasteiger partial charge in [0, 0.05) is 37.2 Å². The van der Waals surface area contributed by atoms with Crippen molar-refractivity contribution in [2.24, 2.45) is 0 Å². The van der Waals surface area contributed by atoms with Crippen LogP contribution in [0.25, 0.3) is 5.69 Å².